The first-order valence-electron chi connectivity index (χ1n) is 3.31. The second-order valence-electron chi connectivity index (χ2n) is 2.73. The summed E-state index contributed by atoms with van der Waals surface area (Å²) in [5.74, 6) is 0. The molecule has 78 valence electrons. The Hall–Kier alpha value is 1.07. The molecule has 3 nitrogen and oxygen atoms in total. The zero-order chi connectivity index (χ0) is 10.4. The lowest BCUT2D eigenvalue weighted by Gasteiger charge is -2.20. The van der Waals surface area contributed by atoms with E-state index < -0.39 is 31.8 Å². The molecule has 1 aliphatic heterocycles. The van der Waals surface area contributed by atoms with E-state index >= 15 is 0 Å². The molecule has 0 saturated carbocycles. The number of hydrogen-bond donors (Lipinski definition) is 0. The van der Waals surface area contributed by atoms with Gasteiger partial charge in [-0.3, -0.25) is 0 Å². The van der Waals surface area contributed by atoms with Crippen LogP contribution in [0.1, 0.15) is 0 Å². The van der Waals surface area contributed by atoms with Crippen LogP contribution in [-0.2, 0) is 10.0 Å². The molecule has 1 aliphatic rings. The predicted molar refractivity (Wildman–Crippen MR) is 55.2 cm³/mol. The van der Waals surface area contributed by atoms with Gasteiger partial charge in [0.25, 0.3) is 0 Å². The van der Waals surface area contributed by atoms with Gasteiger partial charge in [0.1, 0.15) is 11.0 Å². The number of nitrogens with zero attached hydrogens (tertiary/aromatic N) is 1. The van der Waals surface area contributed by atoms with Gasteiger partial charge < -0.3 is 0 Å². The number of halogens is 4. The third-order valence-electron chi connectivity index (χ3n) is 1.70. The molecular formula is C5H7Cl4NO2S. The maximum absolute atomic E-state index is 11.2. The summed E-state index contributed by atoms with van der Waals surface area (Å²) in [4.78, 5) is 0. The van der Waals surface area contributed by atoms with E-state index in [4.69, 9.17) is 46.4 Å². The van der Waals surface area contributed by atoms with Crippen molar-refractivity contribution in [1.82, 2.24) is 4.31 Å². The monoisotopic (exact) mass is 285 g/mol. The molecule has 1 heterocycles. The molecular weight excluding hydrogens is 280 g/mol. The molecule has 0 spiro atoms. The molecule has 0 aromatic carbocycles. The van der Waals surface area contributed by atoms with Crippen molar-refractivity contribution in [2.24, 2.45) is 0 Å². The Morgan fingerprint density at radius 3 is 1.46 bits per heavy atom. The highest BCUT2D eigenvalue weighted by Crippen LogP contribution is 2.38. The minimum absolute atomic E-state index is 0.680. The highest BCUT2D eigenvalue weighted by atomic mass is 35.5. The number of rotatable bonds is 1. The Morgan fingerprint density at radius 1 is 1.00 bits per heavy atom. The number of alkyl halides is 4. The van der Waals surface area contributed by atoms with Crippen molar-refractivity contribution in [3.05, 3.63) is 0 Å². The summed E-state index contributed by atoms with van der Waals surface area (Å²) in [7, 11) is -3.47. The molecule has 8 heteroatoms. The fourth-order valence-electron chi connectivity index (χ4n) is 1.09. The maximum Gasteiger partial charge on any atom is 0.213 e. The van der Waals surface area contributed by atoms with Crippen LogP contribution in [-0.4, -0.2) is 40.7 Å². The average molecular weight is 287 g/mol. The normalized spacial score (nSPS) is 42.5. The van der Waals surface area contributed by atoms with Gasteiger partial charge in [-0.1, -0.05) is 0 Å². The minimum atomic E-state index is -3.47. The van der Waals surface area contributed by atoms with Crippen molar-refractivity contribution in [1.29, 1.82) is 0 Å². The van der Waals surface area contributed by atoms with Crippen molar-refractivity contribution in [2.75, 3.05) is 6.26 Å². The van der Waals surface area contributed by atoms with Crippen LogP contribution in [0.2, 0.25) is 0 Å². The van der Waals surface area contributed by atoms with Crippen molar-refractivity contribution < 1.29 is 8.42 Å². The average Bonchev–Trinajstić information content (AvgIpc) is 2.14. The first kappa shape index (κ1) is 12.1. The fraction of sp³-hybridized carbons (Fsp3) is 1.00. The topological polar surface area (TPSA) is 37.4 Å². The largest absolute Gasteiger partial charge is 0.213 e. The van der Waals surface area contributed by atoms with Gasteiger partial charge in [-0.05, 0) is 0 Å². The summed E-state index contributed by atoms with van der Waals surface area (Å²) >= 11 is 23.0. The van der Waals surface area contributed by atoms with Gasteiger partial charge in [0, 0.05) is 0 Å². The lowest BCUT2D eigenvalue weighted by atomic mass is 10.4. The van der Waals surface area contributed by atoms with Gasteiger partial charge in [0.05, 0.1) is 17.0 Å². The van der Waals surface area contributed by atoms with E-state index in [0.29, 0.717) is 0 Å². The van der Waals surface area contributed by atoms with Crippen LogP contribution in [0.3, 0.4) is 0 Å². The summed E-state index contributed by atoms with van der Waals surface area (Å²) in [6, 6.07) is 0. The summed E-state index contributed by atoms with van der Waals surface area (Å²) in [5, 5.41) is -1.36. The van der Waals surface area contributed by atoms with Crippen LogP contribution < -0.4 is 0 Å². The van der Waals surface area contributed by atoms with E-state index in [2.05, 4.69) is 0 Å². The molecule has 0 aliphatic carbocycles. The first-order valence-corrected chi connectivity index (χ1v) is 6.91. The van der Waals surface area contributed by atoms with Crippen molar-refractivity contribution in [3.8, 4) is 0 Å². The summed E-state index contributed by atoms with van der Waals surface area (Å²) < 4.78 is 23.3. The number of hydrogen-bond acceptors (Lipinski definition) is 2. The molecule has 0 aromatic heterocycles. The highest BCUT2D eigenvalue weighted by molar-refractivity contribution is 7.88. The smallest absolute Gasteiger partial charge is 0.212 e. The first-order chi connectivity index (χ1) is 5.76. The minimum Gasteiger partial charge on any atom is -0.212 e. The quantitative estimate of drug-likeness (QED) is 0.542. The summed E-state index contributed by atoms with van der Waals surface area (Å²) in [6.45, 7) is 0. The molecule has 1 rings (SSSR count). The van der Waals surface area contributed by atoms with Crippen LogP contribution in [0.4, 0.5) is 0 Å². The van der Waals surface area contributed by atoms with E-state index in [1.165, 1.54) is 0 Å². The molecule has 0 aromatic rings. The van der Waals surface area contributed by atoms with Crippen molar-refractivity contribution in [3.63, 3.8) is 0 Å². The zero-order valence-electron chi connectivity index (χ0n) is 6.49. The van der Waals surface area contributed by atoms with E-state index in [1.807, 2.05) is 0 Å². The van der Waals surface area contributed by atoms with Crippen LogP contribution in [0, 0.1) is 0 Å². The second kappa shape index (κ2) is 3.91. The van der Waals surface area contributed by atoms with E-state index in [1.54, 1.807) is 0 Å². The van der Waals surface area contributed by atoms with E-state index in [-0.39, 0.29) is 0 Å². The van der Waals surface area contributed by atoms with E-state index in [9.17, 15) is 8.42 Å². The van der Waals surface area contributed by atoms with E-state index in [0.717, 1.165) is 10.6 Å². The highest BCUT2D eigenvalue weighted by Gasteiger charge is 2.50. The van der Waals surface area contributed by atoms with Gasteiger partial charge in [-0.15, -0.1) is 46.4 Å². The fourth-order valence-corrected chi connectivity index (χ4v) is 4.36. The molecule has 0 N–H and O–H groups in total. The van der Waals surface area contributed by atoms with Gasteiger partial charge >= 0.3 is 0 Å². The molecule has 0 amide bonds. The third kappa shape index (κ3) is 2.19. The van der Waals surface area contributed by atoms with Crippen LogP contribution in [0.15, 0.2) is 0 Å². The third-order valence-corrected chi connectivity index (χ3v) is 5.52. The molecule has 4 atom stereocenters. The van der Waals surface area contributed by atoms with Crippen LogP contribution in [0.5, 0.6) is 0 Å². The van der Waals surface area contributed by atoms with Gasteiger partial charge in [0.2, 0.25) is 10.0 Å². The van der Waals surface area contributed by atoms with Crippen LogP contribution >= 0.6 is 46.4 Å². The van der Waals surface area contributed by atoms with Crippen molar-refractivity contribution >= 4 is 56.4 Å². The Kier molecular flexibility index (Phi) is 3.65. The zero-order valence-corrected chi connectivity index (χ0v) is 10.3. The SMILES string of the molecule is CS(=O)(=O)N1C(Cl)C(Cl)C(Cl)C1Cl. The Morgan fingerprint density at radius 2 is 1.31 bits per heavy atom. The molecule has 0 bridgehead atoms. The van der Waals surface area contributed by atoms with Gasteiger partial charge in [-0.2, -0.15) is 4.31 Å². The summed E-state index contributed by atoms with van der Waals surface area (Å²) in [6.07, 6.45) is 1.01. The molecule has 4 unspecified atom stereocenters. The predicted octanol–water partition coefficient (Wildman–Crippen LogP) is 1.61. The Labute approximate surface area is 96.9 Å². The molecule has 1 fully saturated rings. The lowest BCUT2D eigenvalue weighted by Crippen LogP contribution is -2.37. The van der Waals surface area contributed by atoms with Gasteiger partial charge in [-0.25, -0.2) is 8.42 Å². The van der Waals surface area contributed by atoms with Crippen molar-refractivity contribution in [2.45, 2.75) is 21.8 Å². The second-order valence-corrected chi connectivity index (χ2v) is 6.52. The summed E-state index contributed by atoms with van der Waals surface area (Å²) in [5.41, 5.74) is -1.77. The molecule has 1 saturated heterocycles. The van der Waals surface area contributed by atoms with Gasteiger partial charge in [0.15, 0.2) is 0 Å². The lowest BCUT2D eigenvalue weighted by molar-refractivity contribution is 0.439. The standard InChI is InChI=1S/C5H7Cl4NO2S/c1-13(11,12)10-4(8)2(6)3(7)5(10)9/h2-5H,1H3. The maximum atomic E-state index is 11.2. The molecule has 13 heavy (non-hydrogen) atoms. The van der Waals surface area contributed by atoms with Crippen LogP contribution in [0.25, 0.3) is 0 Å². The Balaban J connectivity index is 3.01. The molecule has 0 radical (unpaired) electrons. The Bertz CT molecular complexity index is 281. The number of sulfonamides is 1.